The van der Waals surface area contributed by atoms with E-state index in [1.54, 1.807) is 31.2 Å². The summed E-state index contributed by atoms with van der Waals surface area (Å²) in [6, 6.07) is 12.1. The van der Waals surface area contributed by atoms with E-state index >= 15 is 0 Å². The number of rotatable bonds is 4. The van der Waals surface area contributed by atoms with Crippen LogP contribution in [0, 0.1) is 12.8 Å². The minimum atomic E-state index is -3.82. The van der Waals surface area contributed by atoms with Crippen molar-refractivity contribution in [1.29, 1.82) is 0 Å². The van der Waals surface area contributed by atoms with Crippen LogP contribution in [0.2, 0.25) is 0 Å². The number of sulfonamides is 2. The minimum absolute atomic E-state index is 0.0288. The van der Waals surface area contributed by atoms with Crippen molar-refractivity contribution >= 4 is 37.3 Å². The van der Waals surface area contributed by atoms with Gasteiger partial charge >= 0.3 is 0 Å². The van der Waals surface area contributed by atoms with Gasteiger partial charge in [0.25, 0.3) is 10.0 Å². The monoisotopic (exact) mass is 394 g/mol. The van der Waals surface area contributed by atoms with E-state index < -0.39 is 31.9 Å². The average molecular weight is 394 g/mol. The first-order valence-corrected chi connectivity index (χ1v) is 11.0. The quantitative estimate of drug-likeness (QED) is 0.856. The van der Waals surface area contributed by atoms with Gasteiger partial charge in [0, 0.05) is 5.69 Å². The highest BCUT2D eigenvalue weighted by atomic mass is 32.2. The summed E-state index contributed by atoms with van der Waals surface area (Å²) < 4.78 is 52.3. The van der Waals surface area contributed by atoms with Gasteiger partial charge in [-0.3, -0.25) is 9.52 Å². The third-order valence-corrected chi connectivity index (χ3v) is 7.31. The molecule has 1 heterocycles. The summed E-state index contributed by atoms with van der Waals surface area (Å²) in [5.74, 6) is -1.38. The first kappa shape index (κ1) is 18.4. The molecule has 1 atom stereocenters. The summed E-state index contributed by atoms with van der Waals surface area (Å²) in [5, 5.41) is 0. The summed E-state index contributed by atoms with van der Waals surface area (Å²) in [6.45, 7) is 3.44. The van der Waals surface area contributed by atoms with Crippen LogP contribution in [0.3, 0.4) is 0 Å². The number of carbonyl (C=O) groups excluding carboxylic acids is 1. The summed E-state index contributed by atoms with van der Waals surface area (Å²) >= 11 is 0. The molecule has 1 amide bonds. The van der Waals surface area contributed by atoms with Crippen LogP contribution in [0.4, 0.5) is 11.4 Å². The Morgan fingerprint density at radius 2 is 1.62 bits per heavy atom. The Bertz CT molecular complexity index is 1040. The van der Waals surface area contributed by atoms with Crippen LogP contribution >= 0.6 is 0 Å². The van der Waals surface area contributed by atoms with E-state index in [4.69, 9.17) is 0 Å². The fraction of sp³-hybridized carbons (Fsp3) is 0.235. The molecular weight excluding hydrogens is 376 g/mol. The third kappa shape index (κ3) is 3.45. The van der Waals surface area contributed by atoms with Crippen LogP contribution in [0.5, 0.6) is 0 Å². The van der Waals surface area contributed by atoms with E-state index in [0.29, 0.717) is 5.69 Å². The molecule has 138 valence electrons. The number of hydrogen-bond acceptors (Lipinski definition) is 5. The maximum atomic E-state index is 12.5. The lowest BCUT2D eigenvalue weighted by Gasteiger charge is -2.16. The van der Waals surface area contributed by atoms with Gasteiger partial charge in [0.2, 0.25) is 15.9 Å². The van der Waals surface area contributed by atoms with Crippen molar-refractivity contribution in [3.63, 3.8) is 0 Å². The van der Waals surface area contributed by atoms with Crippen molar-refractivity contribution in [3.05, 3.63) is 54.1 Å². The minimum Gasteiger partial charge on any atom is -0.280 e. The van der Waals surface area contributed by atoms with E-state index in [-0.39, 0.29) is 16.3 Å². The Hall–Kier alpha value is -2.39. The van der Waals surface area contributed by atoms with Gasteiger partial charge in [-0.2, -0.15) is 0 Å². The van der Waals surface area contributed by atoms with E-state index in [1.165, 1.54) is 24.3 Å². The maximum Gasteiger partial charge on any atom is 0.261 e. The molecule has 0 radical (unpaired) electrons. The highest BCUT2D eigenvalue weighted by molar-refractivity contribution is 7.94. The average Bonchev–Trinajstić information content (AvgIpc) is 2.77. The highest BCUT2D eigenvalue weighted by Crippen LogP contribution is 2.29. The lowest BCUT2D eigenvalue weighted by atomic mass is 10.2. The number of hydrogen-bond donors (Lipinski definition) is 1. The van der Waals surface area contributed by atoms with Crippen LogP contribution in [0.1, 0.15) is 12.5 Å². The lowest BCUT2D eigenvalue weighted by Crippen LogP contribution is -2.30. The molecule has 9 heteroatoms. The van der Waals surface area contributed by atoms with Crippen molar-refractivity contribution in [2.75, 3.05) is 14.8 Å². The standard InChI is InChI=1S/C17H18N2O5S2/c1-12-3-5-14(6-4-12)18-26(23,24)16-9-7-15(8-10-16)19-17(20)13(2)11-25(19,21)22/h3-10,13,18H,11H2,1-2H3/t13-/m1/s1. The maximum absolute atomic E-state index is 12.5. The van der Waals surface area contributed by atoms with E-state index in [2.05, 4.69) is 4.72 Å². The van der Waals surface area contributed by atoms with Crippen LogP contribution in [0.25, 0.3) is 0 Å². The molecule has 1 aliphatic rings. The fourth-order valence-electron chi connectivity index (χ4n) is 2.68. The number of nitrogens with zero attached hydrogens (tertiary/aromatic N) is 1. The molecule has 0 aliphatic carbocycles. The predicted octanol–water partition coefficient (Wildman–Crippen LogP) is 2.11. The van der Waals surface area contributed by atoms with Gasteiger partial charge in [-0.25, -0.2) is 21.1 Å². The molecule has 1 saturated heterocycles. The molecule has 3 rings (SSSR count). The molecule has 26 heavy (non-hydrogen) atoms. The molecule has 2 aromatic rings. The molecule has 1 fully saturated rings. The number of nitrogens with one attached hydrogen (secondary N) is 1. The zero-order valence-electron chi connectivity index (χ0n) is 14.2. The van der Waals surface area contributed by atoms with Crippen LogP contribution in [0.15, 0.2) is 53.4 Å². The number of benzene rings is 2. The van der Waals surface area contributed by atoms with Gasteiger partial charge in [0.1, 0.15) is 0 Å². The summed E-state index contributed by atoms with van der Waals surface area (Å²) in [5.41, 5.74) is 1.56. The van der Waals surface area contributed by atoms with Crippen molar-refractivity contribution < 1.29 is 21.6 Å². The smallest absolute Gasteiger partial charge is 0.261 e. The molecule has 1 N–H and O–H groups in total. The third-order valence-electron chi connectivity index (χ3n) is 4.05. The van der Waals surface area contributed by atoms with Crippen LogP contribution in [-0.4, -0.2) is 28.5 Å². The second-order valence-corrected chi connectivity index (χ2v) is 9.79. The van der Waals surface area contributed by atoms with Crippen LogP contribution in [-0.2, 0) is 24.8 Å². The number of aryl methyl sites for hydroxylation is 1. The van der Waals surface area contributed by atoms with Gasteiger partial charge in [-0.05, 0) is 43.3 Å². The normalized spacial score (nSPS) is 19.5. The molecule has 0 aromatic heterocycles. The molecule has 0 spiro atoms. The Labute approximate surface area is 152 Å². The summed E-state index contributed by atoms with van der Waals surface area (Å²) in [4.78, 5) is 12.1. The van der Waals surface area contributed by atoms with Gasteiger partial charge in [0.15, 0.2) is 0 Å². The summed E-state index contributed by atoms with van der Waals surface area (Å²) in [6.07, 6.45) is 0. The van der Waals surface area contributed by atoms with Crippen molar-refractivity contribution in [2.45, 2.75) is 18.7 Å². The first-order chi connectivity index (χ1) is 12.1. The van der Waals surface area contributed by atoms with E-state index in [0.717, 1.165) is 9.87 Å². The Morgan fingerprint density at radius 3 is 2.12 bits per heavy atom. The first-order valence-electron chi connectivity index (χ1n) is 7.86. The predicted molar refractivity (Wildman–Crippen MR) is 98.9 cm³/mol. The highest BCUT2D eigenvalue weighted by Gasteiger charge is 2.41. The zero-order chi connectivity index (χ0) is 19.1. The Kier molecular flexibility index (Phi) is 4.53. The molecule has 0 saturated carbocycles. The number of amides is 1. The molecule has 7 nitrogen and oxygen atoms in total. The molecule has 1 aliphatic heterocycles. The second kappa shape index (κ2) is 6.40. The molecule has 2 aromatic carbocycles. The Balaban J connectivity index is 1.87. The van der Waals surface area contributed by atoms with Gasteiger partial charge < -0.3 is 0 Å². The van der Waals surface area contributed by atoms with Gasteiger partial charge in [-0.1, -0.05) is 24.6 Å². The second-order valence-electron chi connectivity index (χ2n) is 6.25. The van der Waals surface area contributed by atoms with Crippen molar-refractivity contribution in [3.8, 4) is 0 Å². The van der Waals surface area contributed by atoms with Gasteiger partial charge in [0.05, 0.1) is 22.3 Å². The topological polar surface area (TPSA) is 101 Å². The lowest BCUT2D eigenvalue weighted by molar-refractivity contribution is -0.119. The largest absolute Gasteiger partial charge is 0.280 e. The fourth-order valence-corrected chi connectivity index (χ4v) is 5.56. The number of anilines is 2. The zero-order valence-corrected chi connectivity index (χ0v) is 15.8. The SMILES string of the molecule is Cc1ccc(NS(=O)(=O)c2ccc(N3C(=O)[C@H](C)CS3(=O)=O)cc2)cc1. The number of carbonyl (C=O) groups is 1. The van der Waals surface area contributed by atoms with Gasteiger partial charge in [-0.15, -0.1) is 0 Å². The van der Waals surface area contributed by atoms with E-state index in [9.17, 15) is 21.6 Å². The Morgan fingerprint density at radius 1 is 1.04 bits per heavy atom. The van der Waals surface area contributed by atoms with Crippen molar-refractivity contribution in [1.82, 2.24) is 0 Å². The summed E-state index contributed by atoms with van der Waals surface area (Å²) in [7, 11) is -7.54. The molecule has 0 unspecified atom stereocenters. The molecular formula is C17H18N2O5S2. The van der Waals surface area contributed by atoms with Crippen molar-refractivity contribution in [2.24, 2.45) is 5.92 Å². The van der Waals surface area contributed by atoms with E-state index in [1.807, 2.05) is 6.92 Å². The van der Waals surface area contributed by atoms with Crippen LogP contribution < -0.4 is 9.03 Å². The molecule has 0 bridgehead atoms.